The van der Waals surface area contributed by atoms with Crippen molar-refractivity contribution >= 4 is 43.1 Å². The average molecular weight is 623 g/mol. The standard InChI is InChI=1S/C49H34/c1-49(2)46-21-10-9-20-42(46)45-28-32-22-23-35(27-37(32)30-47(45)49)40-18-8-7-17-39(40)33-14-11-15-36(26-33)48-41-19-6-4-13-34(41)29-44-38-16-5-3-12-31(38)24-25-43(44)48/h3-30H,1-2H3. The van der Waals surface area contributed by atoms with E-state index in [0.29, 0.717) is 0 Å². The first-order valence-corrected chi connectivity index (χ1v) is 17.3. The lowest BCUT2D eigenvalue weighted by Crippen LogP contribution is -2.14. The van der Waals surface area contributed by atoms with E-state index in [2.05, 4.69) is 184 Å². The van der Waals surface area contributed by atoms with Gasteiger partial charge in [-0.3, -0.25) is 0 Å². The van der Waals surface area contributed by atoms with E-state index < -0.39 is 0 Å². The molecule has 0 unspecified atom stereocenters. The molecule has 0 atom stereocenters. The van der Waals surface area contributed by atoms with Crippen LogP contribution in [0.15, 0.2) is 170 Å². The summed E-state index contributed by atoms with van der Waals surface area (Å²) >= 11 is 0. The third kappa shape index (κ3) is 4.24. The minimum absolute atomic E-state index is 0.0213. The lowest BCUT2D eigenvalue weighted by Gasteiger charge is -2.21. The highest BCUT2D eigenvalue weighted by atomic mass is 14.4. The summed E-state index contributed by atoms with van der Waals surface area (Å²) in [7, 11) is 0. The molecule has 0 saturated heterocycles. The van der Waals surface area contributed by atoms with Crippen LogP contribution in [0.25, 0.3) is 87.6 Å². The van der Waals surface area contributed by atoms with Crippen LogP contribution in [0.2, 0.25) is 0 Å². The van der Waals surface area contributed by atoms with Gasteiger partial charge in [0, 0.05) is 5.41 Å². The molecule has 0 saturated carbocycles. The molecule has 0 spiro atoms. The molecule has 0 heterocycles. The minimum Gasteiger partial charge on any atom is -0.0619 e. The highest BCUT2D eigenvalue weighted by Gasteiger charge is 2.35. The monoisotopic (exact) mass is 622 g/mol. The van der Waals surface area contributed by atoms with Crippen molar-refractivity contribution in [1.82, 2.24) is 0 Å². The van der Waals surface area contributed by atoms with Crippen molar-refractivity contribution in [3.63, 3.8) is 0 Å². The Hall–Kier alpha value is -5.98. The van der Waals surface area contributed by atoms with Gasteiger partial charge >= 0.3 is 0 Å². The number of hydrogen-bond donors (Lipinski definition) is 0. The largest absolute Gasteiger partial charge is 0.0619 e. The highest BCUT2D eigenvalue weighted by molar-refractivity contribution is 6.20. The smallest absolute Gasteiger partial charge is 0.0159 e. The Bertz CT molecular complexity index is 2800. The maximum Gasteiger partial charge on any atom is 0.0159 e. The first-order chi connectivity index (χ1) is 24.0. The topological polar surface area (TPSA) is 0 Å². The van der Waals surface area contributed by atoms with Gasteiger partial charge in [0.25, 0.3) is 0 Å². The summed E-state index contributed by atoms with van der Waals surface area (Å²) in [5, 5.41) is 10.3. The number of benzene rings is 9. The first kappa shape index (κ1) is 28.1. The molecule has 230 valence electrons. The summed E-state index contributed by atoms with van der Waals surface area (Å²) in [4.78, 5) is 0. The summed E-state index contributed by atoms with van der Waals surface area (Å²) in [5.74, 6) is 0. The summed E-state index contributed by atoms with van der Waals surface area (Å²) < 4.78 is 0. The van der Waals surface area contributed by atoms with Crippen LogP contribution in [0.5, 0.6) is 0 Å². The Kier molecular flexibility index (Phi) is 6.02. The summed E-state index contributed by atoms with van der Waals surface area (Å²) in [6.07, 6.45) is 0. The summed E-state index contributed by atoms with van der Waals surface area (Å²) in [5.41, 5.74) is 13.0. The van der Waals surface area contributed by atoms with Gasteiger partial charge in [-0.1, -0.05) is 153 Å². The third-order valence-electron chi connectivity index (χ3n) is 11.0. The molecule has 0 radical (unpaired) electrons. The second kappa shape index (κ2) is 10.5. The molecule has 0 aromatic heterocycles. The van der Waals surface area contributed by atoms with Gasteiger partial charge in [0.15, 0.2) is 0 Å². The Balaban J connectivity index is 1.13. The molecule has 0 amide bonds. The van der Waals surface area contributed by atoms with Gasteiger partial charge in [-0.05, 0) is 129 Å². The van der Waals surface area contributed by atoms with Crippen molar-refractivity contribution in [1.29, 1.82) is 0 Å². The normalized spacial score (nSPS) is 13.3. The van der Waals surface area contributed by atoms with Gasteiger partial charge in [0.1, 0.15) is 0 Å². The Morgan fingerprint density at radius 1 is 0.306 bits per heavy atom. The van der Waals surface area contributed by atoms with Gasteiger partial charge in [0.2, 0.25) is 0 Å². The zero-order chi connectivity index (χ0) is 32.7. The maximum absolute atomic E-state index is 2.44. The van der Waals surface area contributed by atoms with Crippen LogP contribution in [0.3, 0.4) is 0 Å². The second-order valence-corrected chi connectivity index (χ2v) is 14.1. The third-order valence-corrected chi connectivity index (χ3v) is 11.0. The molecular formula is C49H34. The lowest BCUT2D eigenvalue weighted by molar-refractivity contribution is 0.661. The van der Waals surface area contributed by atoms with Crippen LogP contribution >= 0.6 is 0 Å². The summed E-state index contributed by atoms with van der Waals surface area (Å²) in [6.45, 7) is 4.72. The van der Waals surface area contributed by atoms with Crippen LogP contribution < -0.4 is 0 Å². The van der Waals surface area contributed by atoms with Crippen LogP contribution in [0.1, 0.15) is 25.0 Å². The van der Waals surface area contributed by atoms with Gasteiger partial charge in [0.05, 0.1) is 0 Å². The fourth-order valence-electron chi connectivity index (χ4n) is 8.57. The molecule has 9 aromatic carbocycles. The van der Waals surface area contributed by atoms with Gasteiger partial charge in [-0.25, -0.2) is 0 Å². The molecule has 0 nitrogen and oxygen atoms in total. The van der Waals surface area contributed by atoms with Gasteiger partial charge < -0.3 is 0 Å². The lowest BCUT2D eigenvalue weighted by atomic mass is 9.81. The molecule has 0 N–H and O–H groups in total. The molecule has 1 aliphatic carbocycles. The Labute approximate surface area is 286 Å². The van der Waals surface area contributed by atoms with Gasteiger partial charge in [-0.15, -0.1) is 0 Å². The van der Waals surface area contributed by atoms with Gasteiger partial charge in [-0.2, -0.15) is 0 Å². The number of rotatable bonds is 3. The van der Waals surface area contributed by atoms with Crippen molar-refractivity contribution in [2.24, 2.45) is 0 Å². The number of hydrogen-bond acceptors (Lipinski definition) is 0. The highest BCUT2D eigenvalue weighted by Crippen LogP contribution is 2.50. The maximum atomic E-state index is 2.44. The van der Waals surface area contributed by atoms with E-state index in [0.717, 1.165) is 0 Å². The van der Waals surface area contributed by atoms with E-state index in [1.54, 1.807) is 0 Å². The zero-order valence-electron chi connectivity index (χ0n) is 27.7. The molecular weight excluding hydrogens is 589 g/mol. The Morgan fingerprint density at radius 3 is 1.80 bits per heavy atom. The number of fused-ring (bicyclic) bond motifs is 8. The van der Waals surface area contributed by atoms with E-state index in [9.17, 15) is 0 Å². The summed E-state index contributed by atoms with van der Waals surface area (Å²) in [6, 6.07) is 63.2. The fraction of sp³-hybridized carbons (Fsp3) is 0.0612. The first-order valence-electron chi connectivity index (χ1n) is 17.3. The van der Waals surface area contributed by atoms with Crippen molar-refractivity contribution in [3.05, 3.63) is 181 Å². The van der Waals surface area contributed by atoms with E-state index in [-0.39, 0.29) is 5.41 Å². The van der Waals surface area contributed by atoms with Crippen molar-refractivity contribution in [2.45, 2.75) is 19.3 Å². The zero-order valence-corrected chi connectivity index (χ0v) is 27.7. The minimum atomic E-state index is -0.0213. The van der Waals surface area contributed by atoms with Crippen LogP contribution in [0.4, 0.5) is 0 Å². The van der Waals surface area contributed by atoms with Crippen molar-refractivity contribution < 1.29 is 0 Å². The van der Waals surface area contributed by atoms with Crippen LogP contribution in [0, 0.1) is 0 Å². The van der Waals surface area contributed by atoms with E-state index in [1.807, 2.05) is 0 Å². The average Bonchev–Trinajstić information content (AvgIpc) is 3.37. The van der Waals surface area contributed by atoms with Crippen molar-refractivity contribution in [2.75, 3.05) is 0 Å². The molecule has 0 heteroatoms. The second-order valence-electron chi connectivity index (χ2n) is 14.1. The molecule has 0 aliphatic heterocycles. The molecule has 1 aliphatic rings. The molecule has 49 heavy (non-hydrogen) atoms. The fourth-order valence-corrected chi connectivity index (χ4v) is 8.57. The predicted molar refractivity (Wildman–Crippen MR) is 210 cm³/mol. The SMILES string of the molecule is CC1(C)c2ccccc2-c2cc3ccc(-c4ccccc4-c4cccc(-c5c6ccccc6cc6c5ccc5ccccc56)c4)cc3cc21. The van der Waals surface area contributed by atoms with E-state index >= 15 is 0 Å². The van der Waals surface area contributed by atoms with Crippen LogP contribution in [-0.2, 0) is 5.41 Å². The van der Waals surface area contributed by atoms with Crippen LogP contribution in [-0.4, -0.2) is 0 Å². The van der Waals surface area contributed by atoms with E-state index in [1.165, 1.54) is 98.7 Å². The molecule has 0 bridgehead atoms. The molecule has 0 fully saturated rings. The molecule has 9 aromatic rings. The molecule has 10 rings (SSSR count). The van der Waals surface area contributed by atoms with Crippen molar-refractivity contribution in [3.8, 4) is 44.5 Å². The van der Waals surface area contributed by atoms with E-state index in [4.69, 9.17) is 0 Å². The quantitative estimate of drug-likeness (QED) is 0.136. The predicted octanol–water partition coefficient (Wildman–Crippen LogP) is 13.6. The Morgan fingerprint density at radius 2 is 0.959 bits per heavy atom.